The van der Waals surface area contributed by atoms with Gasteiger partial charge in [-0.15, -0.1) is 10.2 Å². The maximum Gasteiger partial charge on any atom is 0.437 e. The lowest BCUT2D eigenvalue weighted by atomic mass is 9.90. The fourth-order valence-corrected chi connectivity index (χ4v) is 4.93. The highest BCUT2D eigenvalue weighted by Gasteiger charge is 2.64. The Labute approximate surface area is 144 Å². The van der Waals surface area contributed by atoms with Gasteiger partial charge in [-0.2, -0.15) is 17.5 Å². The topological polar surface area (TPSA) is 79.9 Å². The zero-order valence-electron chi connectivity index (χ0n) is 13.9. The molecule has 25 heavy (non-hydrogen) atoms. The van der Waals surface area contributed by atoms with Crippen LogP contribution in [0, 0.1) is 5.92 Å². The van der Waals surface area contributed by atoms with Gasteiger partial charge in [0.05, 0.1) is 0 Å². The van der Waals surface area contributed by atoms with Gasteiger partial charge >= 0.3 is 6.18 Å². The second-order valence-corrected chi connectivity index (χ2v) is 8.63. The molecule has 140 valence electrons. The maximum atomic E-state index is 13.0. The molecule has 1 saturated heterocycles. The molecule has 0 radical (unpaired) electrons. The summed E-state index contributed by atoms with van der Waals surface area (Å²) >= 11 is 0. The summed E-state index contributed by atoms with van der Waals surface area (Å²) in [5.41, 5.74) is -2.33. The molecule has 1 aromatic rings. The molecule has 1 unspecified atom stereocenters. The van der Waals surface area contributed by atoms with Crippen molar-refractivity contribution in [1.82, 2.24) is 13.9 Å². The van der Waals surface area contributed by atoms with Crippen LogP contribution in [0.3, 0.4) is 0 Å². The molecule has 0 aromatic carbocycles. The molecule has 0 N–H and O–H groups in total. The summed E-state index contributed by atoms with van der Waals surface area (Å²) in [5, 5.41) is 6.30. The van der Waals surface area contributed by atoms with Crippen molar-refractivity contribution in [3.8, 4) is 0 Å². The van der Waals surface area contributed by atoms with Crippen LogP contribution in [0.25, 0.3) is 0 Å². The zero-order valence-corrected chi connectivity index (χ0v) is 14.8. The summed E-state index contributed by atoms with van der Waals surface area (Å²) in [6.45, 7) is 3.97. The van der Waals surface area contributed by atoms with E-state index in [1.54, 1.807) is 10.8 Å². The predicted molar refractivity (Wildman–Crippen MR) is 82.4 cm³/mol. The first-order valence-electron chi connectivity index (χ1n) is 8.10. The largest absolute Gasteiger partial charge is 0.437 e. The van der Waals surface area contributed by atoms with E-state index in [1.807, 2.05) is 13.8 Å². The Hall–Kier alpha value is -1.49. The van der Waals surface area contributed by atoms with Gasteiger partial charge < -0.3 is 4.57 Å². The van der Waals surface area contributed by atoms with Crippen molar-refractivity contribution >= 4 is 10.0 Å². The van der Waals surface area contributed by atoms with Gasteiger partial charge in [0.2, 0.25) is 5.16 Å². The van der Waals surface area contributed by atoms with Gasteiger partial charge in [-0.25, -0.2) is 13.4 Å². The molecule has 0 bridgehead atoms. The normalized spacial score (nSPS) is 24.0. The van der Waals surface area contributed by atoms with Crippen LogP contribution < -0.4 is 0 Å². The van der Waals surface area contributed by atoms with Gasteiger partial charge in [0.15, 0.2) is 0 Å². The lowest BCUT2D eigenvalue weighted by molar-refractivity contribution is -0.168. The Morgan fingerprint density at radius 2 is 2.04 bits per heavy atom. The van der Waals surface area contributed by atoms with Crippen molar-refractivity contribution in [2.24, 2.45) is 16.1 Å². The number of hydrogen-bond donors (Lipinski definition) is 0. The van der Waals surface area contributed by atoms with Crippen LogP contribution in [0.15, 0.2) is 27.8 Å². The van der Waals surface area contributed by atoms with Crippen molar-refractivity contribution in [3.63, 3.8) is 0 Å². The third-order valence-corrected chi connectivity index (χ3v) is 6.40. The van der Waals surface area contributed by atoms with E-state index in [0.29, 0.717) is 12.8 Å². The number of imidazole rings is 1. The van der Waals surface area contributed by atoms with Crippen molar-refractivity contribution in [2.75, 3.05) is 13.1 Å². The van der Waals surface area contributed by atoms with E-state index < -0.39 is 27.8 Å². The third kappa shape index (κ3) is 3.31. The Balaban J connectivity index is 1.76. The quantitative estimate of drug-likeness (QED) is 0.789. The number of sulfonamides is 1. The third-order valence-electron chi connectivity index (χ3n) is 4.61. The van der Waals surface area contributed by atoms with E-state index in [2.05, 4.69) is 15.2 Å². The smallest absolute Gasteiger partial charge is 0.318 e. The van der Waals surface area contributed by atoms with Gasteiger partial charge in [-0.05, 0) is 32.6 Å². The average Bonchev–Trinajstić information content (AvgIpc) is 3.13. The van der Waals surface area contributed by atoms with Gasteiger partial charge in [-0.3, -0.25) is 0 Å². The number of nitrogens with zero attached hydrogens (tertiary/aromatic N) is 5. The van der Waals surface area contributed by atoms with E-state index in [0.717, 1.165) is 0 Å². The van der Waals surface area contributed by atoms with Crippen molar-refractivity contribution in [2.45, 2.75) is 56.1 Å². The first kappa shape index (κ1) is 18.3. The summed E-state index contributed by atoms with van der Waals surface area (Å²) in [4.78, 5) is 3.95. The van der Waals surface area contributed by atoms with Crippen LogP contribution in [-0.4, -0.2) is 47.2 Å². The summed E-state index contributed by atoms with van der Waals surface area (Å²) in [5.74, 6) is -0.442. The van der Waals surface area contributed by atoms with E-state index in [-0.39, 0.29) is 30.7 Å². The van der Waals surface area contributed by atoms with Crippen LogP contribution in [0.4, 0.5) is 13.2 Å². The minimum absolute atomic E-state index is 0.0240. The van der Waals surface area contributed by atoms with Crippen molar-refractivity contribution in [3.05, 3.63) is 12.4 Å². The Bertz CT molecular complexity index is 766. The lowest BCUT2D eigenvalue weighted by Crippen LogP contribution is -2.44. The van der Waals surface area contributed by atoms with E-state index in [9.17, 15) is 21.6 Å². The number of halogens is 3. The van der Waals surface area contributed by atoms with Crippen LogP contribution >= 0.6 is 0 Å². The molecule has 7 nitrogen and oxygen atoms in total. The second kappa shape index (κ2) is 6.04. The molecular formula is C14H20F3N5O2S. The number of piperidine rings is 1. The van der Waals surface area contributed by atoms with Gasteiger partial charge in [0, 0.05) is 37.9 Å². The lowest BCUT2D eigenvalue weighted by Gasteiger charge is -2.33. The first-order valence-corrected chi connectivity index (χ1v) is 9.54. The summed E-state index contributed by atoms with van der Waals surface area (Å²) in [6, 6.07) is -0.0922. The van der Waals surface area contributed by atoms with Gasteiger partial charge in [-0.1, -0.05) is 0 Å². The van der Waals surface area contributed by atoms with Crippen LogP contribution in [0.5, 0.6) is 0 Å². The molecule has 2 aliphatic rings. The predicted octanol–water partition coefficient (Wildman–Crippen LogP) is 2.98. The molecule has 1 aromatic heterocycles. The minimum Gasteiger partial charge on any atom is -0.318 e. The highest BCUT2D eigenvalue weighted by atomic mass is 32.2. The maximum absolute atomic E-state index is 13.0. The molecule has 0 aliphatic carbocycles. The summed E-state index contributed by atoms with van der Waals surface area (Å²) in [7, 11) is -3.86. The van der Waals surface area contributed by atoms with Crippen molar-refractivity contribution < 1.29 is 21.6 Å². The van der Waals surface area contributed by atoms with Gasteiger partial charge in [0.25, 0.3) is 15.7 Å². The molecule has 2 aliphatic heterocycles. The SMILES string of the molecule is CC(C)n1ccnc1S(=O)(=O)N1CCCC(CC2(C(F)(F)F)N=N2)C1. The second-order valence-electron chi connectivity index (χ2n) is 6.80. The molecule has 0 amide bonds. The van der Waals surface area contributed by atoms with E-state index in [1.165, 1.54) is 10.5 Å². The van der Waals surface area contributed by atoms with Crippen molar-refractivity contribution in [1.29, 1.82) is 0 Å². The Kier molecular flexibility index (Phi) is 4.43. The number of alkyl halides is 3. The van der Waals surface area contributed by atoms with Gasteiger partial charge in [0.1, 0.15) is 0 Å². The first-order chi connectivity index (χ1) is 11.6. The highest BCUT2D eigenvalue weighted by Crippen LogP contribution is 2.49. The van der Waals surface area contributed by atoms with E-state index >= 15 is 0 Å². The summed E-state index contributed by atoms with van der Waals surface area (Å²) < 4.78 is 67.6. The molecule has 0 spiro atoms. The fourth-order valence-electron chi connectivity index (χ4n) is 3.19. The standard InChI is InChI=1S/C14H20F3N5O2S/c1-10(2)22-7-5-18-12(22)25(23,24)21-6-3-4-11(9-21)8-13(19-20-13)14(15,16)17/h5,7,10-11H,3-4,6,8-9H2,1-2H3. The Morgan fingerprint density at radius 1 is 1.36 bits per heavy atom. The zero-order chi connectivity index (χ0) is 18.5. The molecule has 1 fully saturated rings. The summed E-state index contributed by atoms with van der Waals surface area (Å²) in [6.07, 6.45) is -0.814. The van der Waals surface area contributed by atoms with Crippen LogP contribution in [-0.2, 0) is 10.0 Å². The molecule has 11 heteroatoms. The molecule has 0 saturated carbocycles. The molecule has 3 heterocycles. The fraction of sp³-hybridized carbons (Fsp3) is 0.786. The average molecular weight is 379 g/mol. The molecule has 3 rings (SSSR count). The minimum atomic E-state index is -4.53. The monoisotopic (exact) mass is 379 g/mol. The number of rotatable bonds is 5. The molecular weight excluding hydrogens is 359 g/mol. The van der Waals surface area contributed by atoms with Crippen LogP contribution in [0.1, 0.15) is 39.2 Å². The molecule has 1 atom stereocenters. The number of aromatic nitrogens is 2. The van der Waals surface area contributed by atoms with Crippen LogP contribution in [0.2, 0.25) is 0 Å². The highest BCUT2D eigenvalue weighted by molar-refractivity contribution is 7.89. The van der Waals surface area contributed by atoms with E-state index in [4.69, 9.17) is 0 Å². The number of hydrogen-bond acceptors (Lipinski definition) is 5. The Morgan fingerprint density at radius 3 is 2.60 bits per heavy atom.